The van der Waals surface area contributed by atoms with Crippen LogP contribution < -0.4 is 9.62 Å². The minimum atomic E-state index is -3.77. The number of benzene rings is 2. The van der Waals surface area contributed by atoms with Crippen LogP contribution in [0.15, 0.2) is 47.4 Å². The molecular weight excluding hydrogens is 399 g/mol. The van der Waals surface area contributed by atoms with E-state index in [9.17, 15) is 17.6 Å². The van der Waals surface area contributed by atoms with Crippen LogP contribution in [-0.4, -0.2) is 32.9 Å². The molecule has 5 nitrogen and oxygen atoms in total. The monoisotopic (exact) mass is 416 g/mol. The van der Waals surface area contributed by atoms with Crippen LogP contribution in [0.2, 0.25) is 5.02 Å². The fourth-order valence-corrected chi connectivity index (χ4v) is 4.00. The van der Waals surface area contributed by atoms with E-state index >= 15 is 0 Å². The van der Waals surface area contributed by atoms with Gasteiger partial charge in [-0.25, -0.2) is 12.8 Å². The quantitative estimate of drug-likeness (QED) is 0.693. The number of nitrogens with zero attached hydrogens (tertiary/aromatic N) is 1. The Kier molecular flexibility index (Phi) is 6.91. The molecule has 0 heterocycles. The first-order valence-electron chi connectivity index (χ1n) is 7.66. The summed E-state index contributed by atoms with van der Waals surface area (Å²) >= 11 is 7.29. The summed E-state index contributed by atoms with van der Waals surface area (Å²) < 4.78 is 38.4. The number of amides is 1. The van der Waals surface area contributed by atoms with Gasteiger partial charge >= 0.3 is 0 Å². The fourth-order valence-electron chi connectivity index (χ4n) is 2.21. The van der Waals surface area contributed by atoms with Crippen LogP contribution in [0.3, 0.4) is 0 Å². The second-order valence-electron chi connectivity index (χ2n) is 5.35. The molecule has 0 saturated carbocycles. The van der Waals surface area contributed by atoms with E-state index in [2.05, 4.69) is 5.32 Å². The Balaban J connectivity index is 2.24. The van der Waals surface area contributed by atoms with Gasteiger partial charge in [-0.1, -0.05) is 30.7 Å². The summed E-state index contributed by atoms with van der Waals surface area (Å²) in [7, 11) is -3.77. The number of nitrogens with one attached hydrogen (secondary N) is 1. The van der Waals surface area contributed by atoms with Crippen LogP contribution >= 0.6 is 23.4 Å². The van der Waals surface area contributed by atoms with E-state index in [1.165, 1.54) is 12.1 Å². The Morgan fingerprint density at radius 2 is 1.96 bits per heavy atom. The van der Waals surface area contributed by atoms with Gasteiger partial charge in [0, 0.05) is 4.90 Å². The lowest BCUT2D eigenvalue weighted by Gasteiger charge is -2.22. The van der Waals surface area contributed by atoms with Gasteiger partial charge in [0.25, 0.3) is 0 Å². The third-order valence-electron chi connectivity index (χ3n) is 3.34. The Hall–Kier alpha value is -1.77. The standard InChI is InChI=1S/C17H18ClFN2O3S2/c1-3-25-16-7-5-4-6-15(16)20-17(22)11-21(26(2,23)24)12-8-9-14(19)13(18)10-12/h4-10H,3,11H2,1-2H3,(H,20,22). The van der Waals surface area contributed by atoms with Crippen LogP contribution in [-0.2, 0) is 14.8 Å². The second-order valence-corrected chi connectivity index (χ2v) is 8.97. The largest absolute Gasteiger partial charge is 0.323 e. The van der Waals surface area contributed by atoms with Gasteiger partial charge in [-0.3, -0.25) is 9.10 Å². The van der Waals surface area contributed by atoms with E-state index in [0.717, 1.165) is 27.3 Å². The number of carbonyl (C=O) groups excluding carboxylic acids is 1. The number of carbonyl (C=O) groups is 1. The van der Waals surface area contributed by atoms with Crippen LogP contribution in [0.25, 0.3) is 0 Å². The predicted molar refractivity (Wildman–Crippen MR) is 105 cm³/mol. The molecule has 140 valence electrons. The average molecular weight is 417 g/mol. The van der Waals surface area contributed by atoms with Crippen molar-refractivity contribution in [3.63, 3.8) is 0 Å². The summed E-state index contributed by atoms with van der Waals surface area (Å²) in [5.41, 5.74) is 0.722. The van der Waals surface area contributed by atoms with Gasteiger partial charge in [-0.15, -0.1) is 11.8 Å². The number of halogens is 2. The Morgan fingerprint density at radius 1 is 1.27 bits per heavy atom. The van der Waals surface area contributed by atoms with Crippen molar-refractivity contribution in [2.75, 3.05) is 28.2 Å². The highest BCUT2D eigenvalue weighted by atomic mass is 35.5. The zero-order valence-electron chi connectivity index (χ0n) is 14.2. The average Bonchev–Trinajstić information content (AvgIpc) is 2.56. The minimum Gasteiger partial charge on any atom is -0.323 e. The molecule has 2 aromatic rings. The molecule has 0 unspecified atom stereocenters. The maximum absolute atomic E-state index is 13.3. The molecule has 2 aromatic carbocycles. The first kappa shape index (κ1) is 20.5. The van der Waals surface area contributed by atoms with Crippen LogP contribution in [0.1, 0.15) is 6.92 Å². The molecule has 9 heteroatoms. The Bertz CT molecular complexity index is 907. The maximum atomic E-state index is 13.3. The molecule has 0 radical (unpaired) electrons. The van der Waals surface area contributed by atoms with Crippen molar-refractivity contribution in [3.05, 3.63) is 53.3 Å². The molecular formula is C17H18ClFN2O3S2. The molecule has 0 aliphatic rings. The smallest absolute Gasteiger partial charge is 0.245 e. The van der Waals surface area contributed by atoms with E-state index < -0.39 is 28.3 Å². The van der Waals surface area contributed by atoms with E-state index in [-0.39, 0.29) is 10.7 Å². The van der Waals surface area contributed by atoms with Crippen molar-refractivity contribution in [2.24, 2.45) is 0 Å². The zero-order chi connectivity index (χ0) is 19.3. The highest BCUT2D eigenvalue weighted by molar-refractivity contribution is 7.99. The van der Waals surface area contributed by atoms with Crippen molar-refractivity contribution >= 4 is 50.7 Å². The fraction of sp³-hybridized carbons (Fsp3) is 0.235. The predicted octanol–water partition coefficient (Wildman–Crippen LogP) is 4.00. The number of hydrogen-bond acceptors (Lipinski definition) is 4. The number of hydrogen-bond donors (Lipinski definition) is 1. The molecule has 0 aromatic heterocycles. The van der Waals surface area contributed by atoms with Crippen molar-refractivity contribution in [3.8, 4) is 0 Å². The lowest BCUT2D eigenvalue weighted by molar-refractivity contribution is -0.114. The van der Waals surface area contributed by atoms with E-state index in [0.29, 0.717) is 5.69 Å². The molecule has 0 spiro atoms. The molecule has 1 N–H and O–H groups in total. The van der Waals surface area contributed by atoms with E-state index in [4.69, 9.17) is 11.6 Å². The van der Waals surface area contributed by atoms with Crippen LogP contribution in [0.4, 0.5) is 15.8 Å². The van der Waals surface area contributed by atoms with Crippen molar-refractivity contribution in [1.29, 1.82) is 0 Å². The normalized spacial score (nSPS) is 11.2. The van der Waals surface area contributed by atoms with Gasteiger partial charge in [0.15, 0.2) is 0 Å². The Labute approximate surface area is 161 Å². The SMILES string of the molecule is CCSc1ccccc1NC(=O)CN(c1ccc(F)c(Cl)c1)S(C)(=O)=O. The highest BCUT2D eigenvalue weighted by Gasteiger charge is 2.22. The van der Waals surface area contributed by atoms with Crippen LogP contribution in [0, 0.1) is 5.82 Å². The first-order valence-corrected chi connectivity index (χ1v) is 10.9. The molecule has 0 atom stereocenters. The molecule has 0 bridgehead atoms. The van der Waals surface area contributed by atoms with Crippen molar-refractivity contribution in [1.82, 2.24) is 0 Å². The molecule has 26 heavy (non-hydrogen) atoms. The molecule has 0 saturated heterocycles. The van der Waals surface area contributed by atoms with E-state index in [1.54, 1.807) is 23.9 Å². The third kappa shape index (κ3) is 5.36. The van der Waals surface area contributed by atoms with Gasteiger partial charge in [0.2, 0.25) is 15.9 Å². The number of thioether (sulfide) groups is 1. The molecule has 1 amide bonds. The molecule has 2 rings (SSSR count). The third-order valence-corrected chi connectivity index (χ3v) is 5.73. The molecule has 0 aliphatic carbocycles. The van der Waals surface area contributed by atoms with Crippen molar-refractivity contribution < 1.29 is 17.6 Å². The van der Waals surface area contributed by atoms with Gasteiger partial charge in [-0.2, -0.15) is 0 Å². The van der Waals surface area contributed by atoms with Crippen LogP contribution in [0.5, 0.6) is 0 Å². The second kappa shape index (κ2) is 8.75. The highest BCUT2D eigenvalue weighted by Crippen LogP contribution is 2.27. The number of anilines is 2. The maximum Gasteiger partial charge on any atom is 0.245 e. The summed E-state index contributed by atoms with van der Waals surface area (Å²) in [6.45, 7) is 1.54. The van der Waals surface area contributed by atoms with Gasteiger partial charge in [0.1, 0.15) is 12.4 Å². The van der Waals surface area contributed by atoms with Gasteiger partial charge < -0.3 is 5.32 Å². The number of sulfonamides is 1. The summed E-state index contributed by atoms with van der Waals surface area (Å²) in [6.07, 6.45) is 0.971. The summed E-state index contributed by atoms with van der Waals surface area (Å²) in [6, 6.07) is 10.7. The number of rotatable bonds is 7. The van der Waals surface area contributed by atoms with Crippen molar-refractivity contribution in [2.45, 2.75) is 11.8 Å². The van der Waals surface area contributed by atoms with Gasteiger partial charge in [0.05, 0.1) is 22.7 Å². The first-order chi connectivity index (χ1) is 12.2. The minimum absolute atomic E-state index is 0.116. The summed E-state index contributed by atoms with van der Waals surface area (Å²) in [4.78, 5) is 13.3. The summed E-state index contributed by atoms with van der Waals surface area (Å²) in [5.74, 6) is -0.352. The Morgan fingerprint density at radius 3 is 2.58 bits per heavy atom. The van der Waals surface area contributed by atoms with Gasteiger partial charge in [-0.05, 0) is 36.1 Å². The van der Waals surface area contributed by atoms with E-state index in [1.807, 2.05) is 19.1 Å². The number of para-hydroxylation sites is 1. The lowest BCUT2D eigenvalue weighted by atomic mass is 10.3. The zero-order valence-corrected chi connectivity index (χ0v) is 16.6. The lowest BCUT2D eigenvalue weighted by Crippen LogP contribution is -2.37. The topological polar surface area (TPSA) is 66.5 Å². The summed E-state index contributed by atoms with van der Waals surface area (Å²) in [5, 5.41) is 2.50. The molecule has 0 fully saturated rings. The molecule has 0 aliphatic heterocycles.